The highest BCUT2D eigenvalue weighted by Crippen LogP contribution is 2.27. The van der Waals surface area contributed by atoms with E-state index in [2.05, 4.69) is 52.2 Å². The lowest BCUT2D eigenvalue weighted by Crippen LogP contribution is -2.18. The molecule has 0 fully saturated rings. The first-order valence-corrected chi connectivity index (χ1v) is 7.58. The highest BCUT2D eigenvalue weighted by atomic mass is 127. The van der Waals surface area contributed by atoms with Crippen LogP contribution in [0.1, 0.15) is 17.5 Å². The van der Waals surface area contributed by atoms with Crippen molar-refractivity contribution in [2.24, 2.45) is 0 Å². The zero-order valence-corrected chi connectivity index (χ0v) is 13.0. The molecule has 0 radical (unpaired) electrons. The number of hydrogen-bond acceptors (Lipinski definition) is 2. The van der Waals surface area contributed by atoms with E-state index in [9.17, 15) is 4.79 Å². The number of benzene rings is 2. The predicted octanol–water partition coefficient (Wildman–Crippen LogP) is 3.75. The van der Waals surface area contributed by atoms with Gasteiger partial charge >= 0.3 is 0 Å². The Labute approximate surface area is 131 Å². The molecule has 4 heteroatoms. The molecule has 0 bridgehead atoms. The highest BCUT2D eigenvalue weighted by Gasteiger charge is 2.14. The molecule has 102 valence electrons. The molecular weight excluding hydrogens is 365 g/mol. The van der Waals surface area contributed by atoms with Crippen LogP contribution in [0.25, 0.3) is 0 Å². The van der Waals surface area contributed by atoms with E-state index in [4.69, 9.17) is 4.74 Å². The summed E-state index contributed by atoms with van der Waals surface area (Å²) in [7, 11) is 0. The van der Waals surface area contributed by atoms with Crippen molar-refractivity contribution < 1.29 is 9.53 Å². The first-order chi connectivity index (χ1) is 9.70. The zero-order valence-electron chi connectivity index (χ0n) is 10.9. The van der Waals surface area contributed by atoms with Gasteiger partial charge in [-0.05, 0) is 58.3 Å². The van der Waals surface area contributed by atoms with Crippen LogP contribution in [0.2, 0.25) is 0 Å². The zero-order chi connectivity index (χ0) is 13.9. The Morgan fingerprint density at radius 3 is 2.70 bits per heavy atom. The summed E-state index contributed by atoms with van der Waals surface area (Å²) in [6.45, 7) is 0.531. The molecule has 3 nitrogen and oxygen atoms in total. The van der Waals surface area contributed by atoms with Crippen molar-refractivity contribution in [1.29, 1.82) is 0 Å². The lowest BCUT2D eigenvalue weighted by molar-refractivity contribution is -0.116. The Hall–Kier alpha value is -1.56. The second kappa shape index (κ2) is 5.83. The number of anilines is 1. The van der Waals surface area contributed by atoms with Crippen LogP contribution in [-0.2, 0) is 17.8 Å². The van der Waals surface area contributed by atoms with Gasteiger partial charge < -0.3 is 10.1 Å². The summed E-state index contributed by atoms with van der Waals surface area (Å²) in [5, 5.41) is 2.89. The Morgan fingerprint density at radius 2 is 1.90 bits per heavy atom. The molecule has 3 rings (SSSR count). The minimum absolute atomic E-state index is 0.0762. The quantitative estimate of drug-likeness (QED) is 0.825. The first-order valence-electron chi connectivity index (χ1n) is 6.51. The van der Waals surface area contributed by atoms with Crippen molar-refractivity contribution in [1.82, 2.24) is 0 Å². The number of carbonyl (C=O) groups is 1. The number of hydrogen-bond donors (Lipinski definition) is 1. The van der Waals surface area contributed by atoms with Crippen LogP contribution >= 0.6 is 22.6 Å². The molecule has 0 unspecified atom stereocenters. The van der Waals surface area contributed by atoms with Gasteiger partial charge in [0.05, 0.1) is 0 Å². The SMILES string of the molecule is O=C1CCc2ccc(OCc3ccc(I)cc3)cc2N1. The largest absolute Gasteiger partial charge is 0.489 e. The fraction of sp³-hybridized carbons (Fsp3) is 0.188. The Balaban J connectivity index is 1.70. The fourth-order valence-corrected chi connectivity index (χ4v) is 2.55. The van der Waals surface area contributed by atoms with Crippen LogP contribution in [0.3, 0.4) is 0 Å². The van der Waals surface area contributed by atoms with Gasteiger partial charge in [-0.3, -0.25) is 4.79 Å². The lowest BCUT2D eigenvalue weighted by Gasteiger charge is -2.17. The normalized spacial score (nSPS) is 13.6. The number of carbonyl (C=O) groups excluding carboxylic acids is 1. The van der Waals surface area contributed by atoms with E-state index in [1.165, 1.54) is 9.13 Å². The summed E-state index contributed by atoms with van der Waals surface area (Å²) >= 11 is 2.28. The molecular formula is C16H14INO2. The number of ether oxygens (including phenoxy) is 1. The summed E-state index contributed by atoms with van der Waals surface area (Å²) in [6.07, 6.45) is 1.37. The molecule has 1 amide bonds. The third-order valence-electron chi connectivity index (χ3n) is 3.30. The summed E-state index contributed by atoms with van der Waals surface area (Å²) in [4.78, 5) is 11.4. The second-order valence-electron chi connectivity index (χ2n) is 4.78. The molecule has 0 aromatic heterocycles. The van der Waals surface area contributed by atoms with Crippen molar-refractivity contribution in [3.05, 3.63) is 57.2 Å². The highest BCUT2D eigenvalue weighted by molar-refractivity contribution is 14.1. The summed E-state index contributed by atoms with van der Waals surface area (Å²) in [5.74, 6) is 0.858. The first kappa shape index (κ1) is 13.4. The number of nitrogens with one attached hydrogen (secondary N) is 1. The molecule has 0 saturated heterocycles. The standard InChI is InChI=1S/C16H14INO2/c17-13-5-1-11(2-6-13)10-20-14-7-3-12-4-8-16(19)18-15(12)9-14/h1-3,5-7,9H,4,8,10H2,(H,18,19). The third-order valence-corrected chi connectivity index (χ3v) is 4.01. The van der Waals surface area contributed by atoms with Gasteiger partial charge in [0.25, 0.3) is 0 Å². The Morgan fingerprint density at radius 1 is 1.10 bits per heavy atom. The third kappa shape index (κ3) is 3.12. The number of rotatable bonds is 3. The molecule has 1 heterocycles. The van der Waals surface area contributed by atoms with Crippen LogP contribution in [0.5, 0.6) is 5.75 Å². The van der Waals surface area contributed by atoms with E-state index in [0.717, 1.165) is 23.4 Å². The van der Waals surface area contributed by atoms with Gasteiger partial charge in [0, 0.05) is 21.7 Å². The molecule has 0 atom stereocenters. The van der Waals surface area contributed by atoms with E-state index in [0.29, 0.717) is 13.0 Å². The monoisotopic (exact) mass is 379 g/mol. The topological polar surface area (TPSA) is 38.3 Å². The second-order valence-corrected chi connectivity index (χ2v) is 6.03. The number of halogens is 1. The van der Waals surface area contributed by atoms with Crippen LogP contribution in [-0.4, -0.2) is 5.91 Å². The van der Waals surface area contributed by atoms with Gasteiger partial charge in [-0.25, -0.2) is 0 Å². The van der Waals surface area contributed by atoms with Gasteiger partial charge in [-0.1, -0.05) is 18.2 Å². The van der Waals surface area contributed by atoms with Crippen molar-refractivity contribution in [2.75, 3.05) is 5.32 Å². The molecule has 0 spiro atoms. The maximum atomic E-state index is 11.4. The van der Waals surface area contributed by atoms with Crippen LogP contribution in [0.15, 0.2) is 42.5 Å². The van der Waals surface area contributed by atoms with E-state index in [1.807, 2.05) is 18.2 Å². The van der Waals surface area contributed by atoms with Crippen molar-refractivity contribution >= 4 is 34.2 Å². The maximum Gasteiger partial charge on any atom is 0.224 e. The van der Waals surface area contributed by atoms with Gasteiger partial charge in [0.2, 0.25) is 5.91 Å². The summed E-state index contributed by atoms with van der Waals surface area (Å²) in [5.41, 5.74) is 3.18. The number of amides is 1. The van der Waals surface area contributed by atoms with Gasteiger partial charge in [-0.15, -0.1) is 0 Å². The minimum atomic E-state index is 0.0762. The van der Waals surface area contributed by atoms with Gasteiger partial charge in [0.1, 0.15) is 12.4 Å². The van der Waals surface area contributed by atoms with E-state index >= 15 is 0 Å². The molecule has 0 aliphatic carbocycles. The van der Waals surface area contributed by atoms with Crippen LogP contribution in [0.4, 0.5) is 5.69 Å². The Bertz CT molecular complexity index is 637. The fourth-order valence-electron chi connectivity index (χ4n) is 2.19. The minimum Gasteiger partial charge on any atom is -0.489 e. The number of fused-ring (bicyclic) bond motifs is 1. The number of aryl methyl sites for hydroxylation is 1. The molecule has 0 saturated carbocycles. The van der Waals surface area contributed by atoms with E-state index < -0.39 is 0 Å². The van der Waals surface area contributed by atoms with Crippen LogP contribution in [0, 0.1) is 3.57 Å². The molecule has 20 heavy (non-hydrogen) atoms. The smallest absolute Gasteiger partial charge is 0.224 e. The maximum absolute atomic E-state index is 11.4. The van der Waals surface area contributed by atoms with E-state index in [-0.39, 0.29) is 5.91 Å². The molecule has 1 N–H and O–H groups in total. The molecule has 1 aliphatic rings. The van der Waals surface area contributed by atoms with Gasteiger partial charge in [-0.2, -0.15) is 0 Å². The average molecular weight is 379 g/mol. The van der Waals surface area contributed by atoms with E-state index in [1.54, 1.807) is 0 Å². The lowest BCUT2D eigenvalue weighted by atomic mass is 10.0. The van der Waals surface area contributed by atoms with Crippen molar-refractivity contribution in [3.63, 3.8) is 0 Å². The average Bonchev–Trinajstić information content (AvgIpc) is 2.46. The summed E-state index contributed by atoms with van der Waals surface area (Å²) in [6, 6.07) is 14.1. The summed E-state index contributed by atoms with van der Waals surface area (Å²) < 4.78 is 6.99. The molecule has 2 aromatic rings. The molecule has 1 aliphatic heterocycles. The van der Waals surface area contributed by atoms with Crippen LogP contribution < -0.4 is 10.1 Å². The molecule has 2 aromatic carbocycles. The van der Waals surface area contributed by atoms with Crippen molar-refractivity contribution in [3.8, 4) is 5.75 Å². The van der Waals surface area contributed by atoms with Crippen molar-refractivity contribution in [2.45, 2.75) is 19.4 Å². The van der Waals surface area contributed by atoms with Gasteiger partial charge in [0.15, 0.2) is 0 Å². The Kier molecular flexibility index (Phi) is 3.91. The predicted molar refractivity (Wildman–Crippen MR) is 86.9 cm³/mol.